The molecule has 0 aliphatic carbocycles. The minimum Gasteiger partial charge on any atom is -0.395 e. The molecule has 0 bridgehead atoms. The highest BCUT2D eigenvalue weighted by molar-refractivity contribution is 5.68. The number of nitrogens with two attached hydrogens (primary N) is 1. The Balaban J connectivity index is 1.56. The van der Waals surface area contributed by atoms with Crippen LogP contribution in [0.15, 0.2) is 18.2 Å². The Morgan fingerprint density at radius 2 is 1.80 bits per heavy atom. The van der Waals surface area contributed by atoms with Crippen LogP contribution in [0.2, 0.25) is 0 Å². The van der Waals surface area contributed by atoms with E-state index >= 15 is 0 Å². The summed E-state index contributed by atoms with van der Waals surface area (Å²) >= 11 is 0. The Labute approximate surface area is 120 Å². The second kappa shape index (κ2) is 6.00. The van der Waals surface area contributed by atoms with Gasteiger partial charge in [-0.15, -0.1) is 0 Å². The molecule has 1 aromatic carbocycles. The van der Waals surface area contributed by atoms with Gasteiger partial charge in [-0.3, -0.25) is 0 Å². The van der Waals surface area contributed by atoms with E-state index in [0.717, 1.165) is 24.7 Å². The third-order valence-corrected chi connectivity index (χ3v) is 4.70. The van der Waals surface area contributed by atoms with E-state index in [1.165, 1.54) is 51.4 Å². The van der Waals surface area contributed by atoms with Gasteiger partial charge >= 0.3 is 0 Å². The second-order valence-electron chi connectivity index (χ2n) is 6.11. The van der Waals surface area contributed by atoms with Crippen molar-refractivity contribution in [1.29, 1.82) is 0 Å². The molecule has 2 aliphatic rings. The lowest BCUT2D eigenvalue weighted by Crippen LogP contribution is -2.38. The smallest absolute Gasteiger partial charge is 0.148 e. The Morgan fingerprint density at radius 3 is 2.50 bits per heavy atom. The molecule has 3 nitrogen and oxygen atoms in total. The normalized spacial score (nSPS) is 21.6. The van der Waals surface area contributed by atoms with Gasteiger partial charge in [-0.1, -0.05) is 6.07 Å². The summed E-state index contributed by atoms with van der Waals surface area (Å²) in [6.07, 6.45) is 5.09. The van der Waals surface area contributed by atoms with Crippen LogP contribution in [0.3, 0.4) is 0 Å². The molecule has 2 aliphatic heterocycles. The van der Waals surface area contributed by atoms with Gasteiger partial charge in [0.2, 0.25) is 0 Å². The molecule has 0 spiro atoms. The summed E-state index contributed by atoms with van der Waals surface area (Å²) in [5.41, 5.74) is 7.02. The lowest BCUT2D eigenvalue weighted by atomic mass is 9.95. The van der Waals surface area contributed by atoms with Crippen LogP contribution in [0.25, 0.3) is 0 Å². The number of para-hydroxylation sites is 1. The van der Waals surface area contributed by atoms with Crippen molar-refractivity contribution in [2.75, 3.05) is 43.4 Å². The molecule has 2 saturated heterocycles. The average Bonchev–Trinajstić information content (AvgIpc) is 2.96. The zero-order valence-corrected chi connectivity index (χ0v) is 12.0. The quantitative estimate of drug-likeness (QED) is 0.862. The molecule has 2 N–H and O–H groups in total. The van der Waals surface area contributed by atoms with Gasteiger partial charge in [-0.2, -0.15) is 0 Å². The summed E-state index contributed by atoms with van der Waals surface area (Å²) in [5, 5.41) is 0. The zero-order chi connectivity index (χ0) is 13.9. The zero-order valence-electron chi connectivity index (χ0n) is 12.0. The van der Waals surface area contributed by atoms with Crippen LogP contribution in [0.4, 0.5) is 15.8 Å². The summed E-state index contributed by atoms with van der Waals surface area (Å²) in [4.78, 5) is 4.83. The van der Waals surface area contributed by atoms with Gasteiger partial charge in [0.1, 0.15) is 5.82 Å². The van der Waals surface area contributed by atoms with Crippen molar-refractivity contribution < 1.29 is 4.39 Å². The van der Waals surface area contributed by atoms with Gasteiger partial charge in [-0.05, 0) is 56.8 Å². The Morgan fingerprint density at radius 1 is 1.10 bits per heavy atom. The fourth-order valence-corrected chi connectivity index (χ4v) is 3.49. The first kappa shape index (κ1) is 13.7. The molecule has 110 valence electrons. The van der Waals surface area contributed by atoms with Crippen molar-refractivity contribution in [1.82, 2.24) is 4.90 Å². The van der Waals surface area contributed by atoms with Crippen molar-refractivity contribution in [3.63, 3.8) is 0 Å². The van der Waals surface area contributed by atoms with Crippen molar-refractivity contribution >= 4 is 11.4 Å². The predicted octanol–water partition coefficient (Wildman–Crippen LogP) is 2.72. The molecule has 2 heterocycles. The summed E-state index contributed by atoms with van der Waals surface area (Å²) in [5.74, 6) is 0.487. The number of rotatable bonds is 3. The number of hydrogen-bond donors (Lipinski definition) is 1. The number of hydrogen-bond acceptors (Lipinski definition) is 3. The highest BCUT2D eigenvalue weighted by Crippen LogP contribution is 2.30. The molecule has 0 saturated carbocycles. The molecule has 4 heteroatoms. The molecule has 0 atom stereocenters. The van der Waals surface area contributed by atoms with Crippen LogP contribution in [0.5, 0.6) is 0 Å². The fourth-order valence-electron chi connectivity index (χ4n) is 3.49. The first-order valence-electron chi connectivity index (χ1n) is 7.75. The minimum atomic E-state index is -0.304. The molecule has 0 aromatic heterocycles. The maximum atomic E-state index is 13.5. The average molecular weight is 277 g/mol. The number of nitrogens with zero attached hydrogens (tertiary/aromatic N) is 2. The lowest BCUT2D eigenvalue weighted by molar-refractivity contribution is 0.249. The van der Waals surface area contributed by atoms with E-state index in [0.29, 0.717) is 5.69 Å². The Bertz CT molecular complexity index is 449. The van der Waals surface area contributed by atoms with Gasteiger partial charge in [-0.25, -0.2) is 4.39 Å². The SMILES string of the molecule is Nc1c(F)cccc1N1CCC(CN2CCCC2)CC1. The minimum absolute atomic E-state index is 0.297. The first-order valence-corrected chi connectivity index (χ1v) is 7.75. The standard InChI is InChI=1S/C16H24FN3/c17-14-4-3-5-15(16(14)18)20-10-6-13(7-11-20)12-19-8-1-2-9-19/h3-5,13H,1-2,6-12,18H2. The molecule has 0 amide bonds. The summed E-state index contributed by atoms with van der Waals surface area (Å²) in [7, 11) is 0. The van der Waals surface area contributed by atoms with Crippen molar-refractivity contribution in [2.45, 2.75) is 25.7 Å². The van der Waals surface area contributed by atoms with Gasteiger partial charge < -0.3 is 15.5 Å². The van der Waals surface area contributed by atoms with Crippen molar-refractivity contribution in [3.8, 4) is 0 Å². The van der Waals surface area contributed by atoms with Crippen molar-refractivity contribution in [2.24, 2.45) is 5.92 Å². The number of piperidine rings is 1. The van der Waals surface area contributed by atoms with Gasteiger partial charge in [0.15, 0.2) is 0 Å². The molecular weight excluding hydrogens is 253 g/mol. The topological polar surface area (TPSA) is 32.5 Å². The lowest BCUT2D eigenvalue weighted by Gasteiger charge is -2.35. The number of nitrogen functional groups attached to an aromatic ring is 1. The first-order chi connectivity index (χ1) is 9.74. The predicted molar refractivity (Wildman–Crippen MR) is 81.4 cm³/mol. The summed E-state index contributed by atoms with van der Waals surface area (Å²) < 4.78 is 13.5. The second-order valence-corrected chi connectivity index (χ2v) is 6.11. The maximum Gasteiger partial charge on any atom is 0.148 e. The van der Waals surface area contributed by atoms with Crippen LogP contribution in [0.1, 0.15) is 25.7 Å². The van der Waals surface area contributed by atoms with Crippen LogP contribution in [-0.2, 0) is 0 Å². The van der Waals surface area contributed by atoms with Crippen molar-refractivity contribution in [3.05, 3.63) is 24.0 Å². The van der Waals surface area contributed by atoms with E-state index < -0.39 is 0 Å². The Kier molecular flexibility index (Phi) is 4.10. The summed E-state index contributed by atoms with van der Waals surface area (Å²) in [6.45, 7) is 5.78. The molecule has 20 heavy (non-hydrogen) atoms. The van der Waals surface area contributed by atoms with Crippen LogP contribution in [0, 0.1) is 11.7 Å². The number of likely N-dealkylation sites (tertiary alicyclic amines) is 1. The number of benzene rings is 1. The third-order valence-electron chi connectivity index (χ3n) is 4.70. The van der Waals surface area contributed by atoms with Crippen LogP contribution < -0.4 is 10.6 Å². The number of anilines is 2. The highest BCUT2D eigenvalue weighted by Gasteiger charge is 2.24. The number of halogens is 1. The molecule has 0 radical (unpaired) electrons. The summed E-state index contributed by atoms with van der Waals surface area (Å²) in [6, 6.07) is 5.11. The molecule has 0 unspecified atom stereocenters. The monoisotopic (exact) mass is 277 g/mol. The highest BCUT2D eigenvalue weighted by atomic mass is 19.1. The van der Waals surface area contributed by atoms with E-state index in [9.17, 15) is 4.39 Å². The molecule has 1 aromatic rings. The van der Waals surface area contributed by atoms with Crippen LogP contribution in [-0.4, -0.2) is 37.6 Å². The largest absolute Gasteiger partial charge is 0.395 e. The Hall–Kier alpha value is -1.29. The third kappa shape index (κ3) is 2.90. The van der Waals surface area contributed by atoms with Gasteiger partial charge in [0.05, 0.1) is 11.4 Å². The van der Waals surface area contributed by atoms with Crippen LogP contribution >= 0.6 is 0 Å². The van der Waals surface area contributed by atoms with E-state index in [1.807, 2.05) is 6.07 Å². The molecule has 2 fully saturated rings. The van der Waals surface area contributed by atoms with E-state index in [1.54, 1.807) is 6.07 Å². The maximum absolute atomic E-state index is 13.5. The fraction of sp³-hybridized carbons (Fsp3) is 0.625. The molecule has 3 rings (SSSR count). The van der Waals surface area contributed by atoms with Gasteiger partial charge in [0.25, 0.3) is 0 Å². The van der Waals surface area contributed by atoms with E-state index in [4.69, 9.17) is 5.73 Å². The van der Waals surface area contributed by atoms with E-state index in [-0.39, 0.29) is 5.82 Å². The molecular formula is C16H24FN3. The van der Waals surface area contributed by atoms with E-state index in [2.05, 4.69) is 9.80 Å². The van der Waals surface area contributed by atoms with Gasteiger partial charge in [0, 0.05) is 19.6 Å².